The molecule has 0 saturated carbocycles. The average molecular weight is 1290 g/mol. The Kier molecular flexibility index (Phi) is 49.3. The minimum absolute atomic E-state index is 0.250. The van der Waals surface area contributed by atoms with E-state index < -0.39 is 124 Å². The standard InChI is InChI=1S/C71H135NO18/c1-3-5-7-9-11-13-15-17-18-19-20-21-22-23-24-25-26-27-28-29-30-31-32-33-34-35-36-37-39-41-43-45-47-49-59(77)72-54(55(76)48-46-44-42-40-38-16-14-12-10-8-6-4-2)53-85-69-65(83)62(80)67(57(51-74)87-69)90-71-66(84)63(81)68(58(52-75)88-71)89-70-64(82)61(79)60(78)56(50-73)86-70/h46,48,54-58,60-71,73-76,78-84H,3-45,47,49-53H2,1-2H3,(H,72,77)/b48-46+. The topological polar surface area (TPSA) is 307 Å². The Bertz CT molecular complexity index is 1680. The molecule has 0 bridgehead atoms. The van der Waals surface area contributed by atoms with E-state index in [4.69, 9.17) is 28.4 Å². The Hall–Kier alpha value is -1.47. The van der Waals surface area contributed by atoms with Gasteiger partial charge in [-0.2, -0.15) is 0 Å². The van der Waals surface area contributed by atoms with Gasteiger partial charge >= 0.3 is 0 Å². The molecule has 0 aromatic carbocycles. The van der Waals surface area contributed by atoms with Crippen LogP contribution in [-0.4, -0.2) is 193 Å². The van der Waals surface area contributed by atoms with E-state index in [1.54, 1.807) is 6.08 Å². The second kappa shape index (κ2) is 53.6. The molecule has 0 spiro atoms. The predicted octanol–water partition coefficient (Wildman–Crippen LogP) is 10.4. The Morgan fingerprint density at radius 3 is 1.04 bits per heavy atom. The minimum Gasteiger partial charge on any atom is -0.394 e. The summed E-state index contributed by atoms with van der Waals surface area (Å²) in [6.45, 7) is 1.75. The summed E-state index contributed by atoms with van der Waals surface area (Å²) in [5, 5.41) is 120. The lowest BCUT2D eigenvalue weighted by Crippen LogP contribution is -2.66. The van der Waals surface area contributed by atoms with Gasteiger partial charge in [0, 0.05) is 6.42 Å². The predicted molar refractivity (Wildman–Crippen MR) is 351 cm³/mol. The molecule has 0 radical (unpaired) electrons. The highest BCUT2D eigenvalue weighted by Gasteiger charge is 2.53. The summed E-state index contributed by atoms with van der Waals surface area (Å²) in [5.74, 6) is -0.270. The van der Waals surface area contributed by atoms with Gasteiger partial charge in [-0.05, 0) is 19.3 Å². The molecule has 3 fully saturated rings. The van der Waals surface area contributed by atoms with Crippen LogP contribution in [0.15, 0.2) is 12.2 Å². The van der Waals surface area contributed by atoms with Crippen molar-refractivity contribution in [3.8, 4) is 0 Å². The van der Waals surface area contributed by atoms with E-state index in [0.717, 1.165) is 44.9 Å². The van der Waals surface area contributed by atoms with Gasteiger partial charge in [0.1, 0.15) is 73.2 Å². The highest BCUT2D eigenvalue weighted by molar-refractivity contribution is 5.76. The van der Waals surface area contributed by atoms with Crippen molar-refractivity contribution in [1.82, 2.24) is 5.32 Å². The van der Waals surface area contributed by atoms with E-state index in [-0.39, 0.29) is 18.9 Å². The summed E-state index contributed by atoms with van der Waals surface area (Å²) in [4.78, 5) is 13.4. The van der Waals surface area contributed by atoms with E-state index in [1.807, 2.05) is 6.08 Å². The Balaban J connectivity index is 1.32. The van der Waals surface area contributed by atoms with Gasteiger partial charge in [-0.25, -0.2) is 0 Å². The molecule has 1 amide bonds. The number of amides is 1. The lowest BCUT2D eigenvalue weighted by Gasteiger charge is -2.48. The largest absolute Gasteiger partial charge is 0.394 e. The smallest absolute Gasteiger partial charge is 0.220 e. The zero-order chi connectivity index (χ0) is 65.4. The normalized spacial score (nSPS) is 28.0. The van der Waals surface area contributed by atoms with Gasteiger partial charge in [-0.1, -0.05) is 289 Å². The molecule has 17 atom stereocenters. The SMILES string of the molecule is CCCCCCCCCCCC/C=C/C(O)C(COC1OC(CO)C(OC2OC(CO)C(OC3OC(CO)C(O)C(O)C3O)C(O)C2O)C(O)C1O)NC(=O)CCCCCCCCCCCCCCCCCCCCCCCCCCCCCCCCCCC. The van der Waals surface area contributed by atoms with Crippen LogP contribution in [-0.2, 0) is 33.2 Å². The molecule has 532 valence electrons. The summed E-state index contributed by atoms with van der Waals surface area (Å²) in [6.07, 6.45) is 33.7. The van der Waals surface area contributed by atoms with Gasteiger partial charge in [0.05, 0.1) is 38.6 Å². The van der Waals surface area contributed by atoms with Gasteiger partial charge in [0.2, 0.25) is 5.91 Å². The number of aliphatic hydroxyl groups excluding tert-OH is 11. The molecule has 17 unspecified atom stereocenters. The first-order valence-electron chi connectivity index (χ1n) is 36.9. The molecule has 3 rings (SSSR count). The maximum atomic E-state index is 13.4. The van der Waals surface area contributed by atoms with Crippen molar-refractivity contribution in [2.75, 3.05) is 26.4 Å². The molecule has 3 heterocycles. The van der Waals surface area contributed by atoms with Crippen LogP contribution in [0, 0.1) is 0 Å². The van der Waals surface area contributed by atoms with E-state index in [1.165, 1.54) is 231 Å². The number of rotatable bonds is 58. The van der Waals surface area contributed by atoms with E-state index in [0.29, 0.717) is 6.42 Å². The number of nitrogens with one attached hydrogen (secondary N) is 1. The van der Waals surface area contributed by atoms with Crippen LogP contribution in [0.5, 0.6) is 0 Å². The number of ether oxygens (including phenoxy) is 6. The fourth-order valence-corrected chi connectivity index (χ4v) is 12.8. The Labute approximate surface area is 544 Å². The zero-order valence-corrected chi connectivity index (χ0v) is 56.4. The molecular weight excluding hydrogens is 1150 g/mol. The lowest BCUT2D eigenvalue weighted by atomic mass is 9.96. The van der Waals surface area contributed by atoms with Gasteiger partial charge in [-0.3, -0.25) is 4.79 Å². The zero-order valence-electron chi connectivity index (χ0n) is 56.4. The van der Waals surface area contributed by atoms with Crippen LogP contribution in [0.25, 0.3) is 0 Å². The van der Waals surface area contributed by atoms with Gasteiger partial charge < -0.3 is 89.9 Å². The first kappa shape index (κ1) is 82.8. The third-order valence-electron chi connectivity index (χ3n) is 18.8. The van der Waals surface area contributed by atoms with Gasteiger partial charge in [0.15, 0.2) is 18.9 Å². The maximum absolute atomic E-state index is 13.4. The fraction of sp³-hybridized carbons (Fsp3) is 0.958. The number of carbonyl (C=O) groups is 1. The van der Waals surface area contributed by atoms with Crippen LogP contribution in [0.3, 0.4) is 0 Å². The number of hydrogen-bond donors (Lipinski definition) is 12. The second-order valence-electron chi connectivity index (χ2n) is 26.8. The summed E-state index contributed by atoms with van der Waals surface area (Å²) in [5.41, 5.74) is 0. The first-order chi connectivity index (χ1) is 43.8. The monoisotopic (exact) mass is 1290 g/mol. The minimum atomic E-state index is -1.98. The highest BCUT2D eigenvalue weighted by atomic mass is 16.8. The number of carbonyl (C=O) groups excluding carboxylic acids is 1. The summed E-state index contributed by atoms with van der Waals surface area (Å²) >= 11 is 0. The first-order valence-corrected chi connectivity index (χ1v) is 36.9. The molecule has 19 heteroatoms. The highest BCUT2D eigenvalue weighted by Crippen LogP contribution is 2.33. The number of hydrogen-bond acceptors (Lipinski definition) is 18. The van der Waals surface area contributed by atoms with E-state index in [2.05, 4.69) is 19.2 Å². The van der Waals surface area contributed by atoms with Crippen molar-refractivity contribution >= 4 is 5.91 Å². The van der Waals surface area contributed by atoms with E-state index >= 15 is 0 Å². The number of unbranched alkanes of at least 4 members (excludes halogenated alkanes) is 42. The van der Waals surface area contributed by atoms with Gasteiger partial charge in [-0.15, -0.1) is 0 Å². The molecule has 19 nitrogen and oxygen atoms in total. The van der Waals surface area contributed by atoms with E-state index in [9.17, 15) is 61.0 Å². The molecule has 3 aliphatic rings. The molecule has 3 aliphatic heterocycles. The molecule has 0 aromatic heterocycles. The molecule has 0 aliphatic carbocycles. The summed E-state index contributed by atoms with van der Waals surface area (Å²) < 4.78 is 34.3. The maximum Gasteiger partial charge on any atom is 0.220 e. The quantitative estimate of drug-likeness (QED) is 0.0199. The fourth-order valence-electron chi connectivity index (χ4n) is 12.8. The van der Waals surface area contributed by atoms with Crippen molar-refractivity contribution in [1.29, 1.82) is 0 Å². The molecular formula is C71H135NO18. The van der Waals surface area contributed by atoms with Gasteiger partial charge in [0.25, 0.3) is 0 Å². The van der Waals surface area contributed by atoms with Crippen molar-refractivity contribution < 1.29 is 89.4 Å². The lowest BCUT2D eigenvalue weighted by molar-refractivity contribution is -0.379. The molecule has 90 heavy (non-hydrogen) atoms. The molecule has 3 saturated heterocycles. The summed E-state index contributed by atoms with van der Waals surface area (Å²) in [6, 6.07) is -0.968. The third-order valence-corrected chi connectivity index (χ3v) is 18.8. The van der Waals surface area contributed by atoms with Crippen LogP contribution in [0.1, 0.15) is 303 Å². The molecule has 0 aromatic rings. The summed E-state index contributed by atoms with van der Waals surface area (Å²) in [7, 11) is 0. The van der Waals surface area contributed by atoms with Crippen molar-refractivity contribution in [3.05, 3.63) is 12.2 Å². The van der Waals surface area contributed by atoms with Crippen molar-refractivity contribution in [2.45, 2.75) is 407 Å². The van der Waals surface area contributed by atoms with Crippen LogP contribution in [0.2, 0.25) is 0 Å². The third kappa shape index (κ3) is 35.0. The van der Waals surface area contributed by atoms with Crippen molar-refractivity contribution in [3.63, 3.8) is 0 Å². The van der Waals surface area contributed by atoms with Crippen LogP contribution in [0.4, 0.5) is 0 Å². The van der Waals surface area contributed by atoms with Crippen molar-refractivity contribution in [2.24, 2.45) is 0 Å². The van der Waals surface area contributed by atoms with Crippen LogP contribution >= 0.6 is 0 Å². The molecule has 12 N–H and O–H groups in total. The number of allylic oxidation sites excluding steroid dienone is 1. The van der Waals surface area contributed by atoms with Crippen LogP contribution < -0.4 is 5.32 Å². The number of aliphatic hydroxyl groups is 11. The Morgan fingerprint density at radius 1 is 0.389 bits per heavy atom. The average Bonchev–Trinajstić information content (AvgIpc) is 1.80. The second-order valence-corrected chi connectivity index (χ2v) is 26.8. The Morgan fingerprint density at radius 2 is 0.689 bits per heavy atom.